The summed E-state index contributed by atoms with van der Waals surface area (Å²) in [6.45, 7) is 6.20. The maximum Gasteiger partial charge on any atom is 0.267 e. The van der Waals surface area contributed by atoms with Gasteiger partial charge in [-0.1, -0.05) is 18.2 Å². The highest BCUT2D eigenvalue weighted by atomic mass is 16.7. The van der Waals surface area contributed by atoms with Crippen LogP contribution in [0.4, 0.5) is 5.69 Å². The zero-order chi connectivity index (χ0) is 22.1. The molecule has 1 fully saturated rings. The number of fused-ring (bicyclic) bond motifs is 2. The number of carbonyl (C=O) groups is 2. The van der Waals surface area contributed by atoms with Crippen LogP contribution in [0.5, 0.6) is 17.2 Å². The lowest BCUT2D eigenvalue weighted by Crippen LogP contribution is -2.50. The molecule has 1 unspecified atom stereocenters. The molecule has 0 bridgehead atoms. The van der Waals surface area contributed by atoms with Gasteiger partial charge in [-0.15, -0.1) is 0 Å². The molecule has 168 valence electrons. The molecule has 0 aromatic heterocycles. The van der Waals surface area contributed by atoms with Crippen LogP contribution >= 0.6 is 0 Å². The minimum absolute atomic E-state index is 0.0807. The first-order valence-corrected chi connectivity index (χ1v) is 11.0. The maximum absolute atomic E-state index is 12.8. The fraction of sp³-hybridized carbons (Fsp3) is 0.417. The second kappa shape index (κ2) is 8.70. The lowest BCUT2D eigenvalue weighted by Gasteiger charge is -2.36. The molecule has 1 saturated heterocycles. The second-order valence-corrected chi connectivity index (χ2v) is 8.31. The van der Waals surface area contributed by atoms with Gasteiger partial charge in [-0.25, -0.2) is 0 Å². The van der Waals surface area contributed by atoms with Gasteiger partial charge in [-0.3, -0.25) is 14.5 Å². The van der Waals surface area contributed by atoms with Crippen molar-refractivity contribution < 1.29 is 23.8 Å². The van der Waals surface area contributed by atoms with Crippen molar-refractivity contribution in [2.75, 3.05) is 44.4 Å². The van der Waals surface area contributed by atoms with Gasteiger partial charge in [0.05, 0.1) is 5.69 Å². The van der Waals surface area contributed by atoms with Crippen LogP contribution < -0.4 is 19.1 Å². The van der Waals surface area contributed by atoms with Crippen LogP contribution in [0.3, 0.4) is 0 Å². The summed E-state index contributed by atoms with van der Waals surface area (Å²) < 4.78 is 16.5. The van der Waals surface area contributed by atoms with Gasteiger partial charge in [0.25, 0.3) is 5.91 Å². The molecule has 32 heavy (non-hydrogen) atoms. The minimum atomic E-state index is -0.542. The molecule has 0 saturated carbocycles. The Labute approximate surface area is 187 Å². The molecule has 3 heterocycles. The smallest absolute Gasteiger partial charge is 0.267 e. The maximum atomic E-state index is 12.8. The van der Waals surface area contributed by atoms with E-state index in [1.807, 2.05) is 41.3 Å². The number of nitrogens with zero attached hydrogens (tertiary/aromatic N) is 3. The van der Waals surface area contributed by atoms with E-state index in [2.05, 4.69) is 11.0 Å². The molecule has 0 N–H and O–H groups in total. The van der Waals surface area contributed by atoms with Gasteiger partial charge in [0.1, 0.15) is 5.75 Å². The molecule has 8 heteroatoms. The Morgan fingerprint density at radius 2 is 1.78 bits per heavy atom. The van der Waals surface area contributed by atoms with E-state index in [-0.39, 0.29) is 18.6 Å². The third-order valence-electron chi connectivity index (χ3n) is 6.19. The summed E-state index contributed by atoms with van der Waals surface area (Å²) in [5, 5.41) is 0. The Hall–Kier alpha value is -3.26. The second-order valence-electron chi connectivity index (χ2n) is 8.31. The molecule has 2 amide bonds. The summed E-state index contributed by atoms with van der Waals surface area (Å²) in [7, 11) is 0. The van der Waals surface area contributed by atoms with Crippen LogP contribution in [-0.4, -0.2) is 67.2 Å². The Bertz CT molecular complexity index is 1020. The zero-order valence-corrected chi connectivity index (χ0v) is 18.2. The highest BCUT2D eigenvalue weighted by Crippen LogP contribution is 2.34. The van der Waals surface area contributed by atoms with E-state index in [1.165, 1.54) is 5.56 Å². The molecule has 0 aliphatic carbocycles. The number of anilines is 1. The minimum Gasteiger partial charge on any atom is -0.479 e. The number of carbonyl (C=O) groups excluding carboxylic acids is 2. The highest BCUT2D eigenvalue weighted by Gasteiger charge is 2.32. The van der Waals surface area contributed by atoms with Gasteiger partial charge in [0.15, 0.2) is 17.6 Å². The van der Waals surface area contributed by atoms with E-state index in [1.54, 1.807) is 11.8 Å². The van der Waals surface area contributed by atoms with Crippen molar-refractivity contribution in [2.45, 2.75) is 26.0 Å². The molecule has 0 radical (unpaired) electrons. The average Bonchev–Trinajstić information content (AvgIpc) is 3.28. The van der Waals surface area contributed by atoms with Crippen LogP contribution in [0.1, 0.15) is 18.9 Å². The van der Waals surface area contributed by atoms with E-state index < -0.39 is 6.10 Å². The summed E-state index contributed by atoms with van der Waals surface area (Å²) in [5.41, 5.74) is 1.91. The van der Waals surface area contributed by atoms with Crippen LogP contribution in [0.25, 0.3) is 0 Å². The summed E-state index contributed by atoms with van der Waals surface area (Å²) in [6, 6.07) is 13.5. The van der Waals surface area contributed by atoms with Crippen molar-refractivity contribution in [1.29, 1.82) is 0 Å². The molecule has 8 nitrogen and oxygen atoms in total. The number of piperazine rings is 1. The average molecular weight is 437 g/mol. The number of para-hydroxylation sites is 2. The van der Waals surface area contributed by atoms with Crippen LogP contribution in [0.2, 0.25) is 0 Å². The summed E-state index contributed by atoms with van der Waals surface area (Å²) in [4.78, 5) is 31.4. The van der Waals surface area contributed by atoms with E-state index >= 15 is 0 Å². The summed E-state index contributed by atoms with van der Waals surface area (Å²) in [5.74, 6) is 2.25. The molecule has 3 aliphatic rings. The first-order chi connectivity index (χ1) is 15.6. The van der Waals surface area contributed by atoms with Crippen molar-refractivity contribution >= 4 is 17.5 Å². The zero-order valence-electron chi connectivity index (χ0n) is 18.2. The van der Waals surface area contributed by atoms with Crippen molar-refractivity contribution in [3.05, 3.63) is 48.0 Å². The van der Waals surface area contributed by atoms with Crippen molar-refractivity contribution in [3.8, 4) is 17.2 Å². The molecule has 0 spiro atoms. The molecule has 2 aromatic carbocycles. The quantitative estimate of drug-likeness (QED) is 0.715. The number of amides is 2. The third kappa shape index (κ3) is 4.10. The molecular formula is C24H27N3O5. The number of hydrogen-bond donors (Lipinski definition) is 0. The summed E-state index contributed by atoms with van der Waals surface area (Å²) in [6.07, 6.45) is -0.241. The number of ether oxygens (including phenoxy) is 3. The number of benzene rings is 2. The van der Waals surface area contributed by atoms with E-state index in [4.69, 9.17) is 14.2 Å². The third-order valence-corrected chi connectivity index (χ3v) is 6.19. The van der Waals surface area contributed by atoms with Gasteiger partial charge in [-0.05, 0) is 36.8 Å². The van der Waals surface area contributed by atoms with Gasteiger partial charge in [0.2, 0.25) is 12.7 Å². The number of hydrogen-bond acceptors (Lipinski definition) is 6. The van der Waals surface area contributed by atoms with Crippen LogP contribution in [-0.2, 0) is 16.1 Å². The molecule has 3 aliphatic heterocycles. The predicted molar refractivity (Wildman–Crippen MR) is 118 cm³/mol. The molecule has 1 atom stereocenters. The van der Waals surface area contributed by atoms with Gasteiger partial charge < -0.3 is 24.0 Å². The lowest BCUT2D eigenvalue weighted by atomic mass is 10.1. The Morgan fingerprint density at radius 3 is 2.62 bits per heavy atom. The van der Waals surface area contributed by atoms with Crippen molar-refractivity contribution in [1.82, 2.24) is 9.80 Å². The Kier molecular flexibility index (Phi) is 5.61. The van der Waals surface area contributed by atoms with Gasteiger partial charge in [-0.2, -0.15) is 0 Å². The fourth-order valence-corrected chi connectivity index (χ4v) is 4.41. The van der Waals surface area contributed by atoms with E-state index in [9.17, 15) is 9.59 Å². The van der Waals surface area contributed by atoms with E-state index in [0.29, 0.717) is 31.8 Å². The monoisotopic (exact) mass is 437 g/mol. The largest absolute Gasteiger partial charge is 0.479 e. The Balaban J connectivity index is 1.13. The first kappa shape index (κ1) is 20.6. The lowest BCUT2D eigenvalue weighted by molar-refractivity contribution is -0.133. The fourth-order valence-electron chi connectivity index (χ4n) is 4.41. The van der Waals surface area contributed by atoms with E-state index in [0.717, 1.165) is 36.8 Å². The van der Waals surface area contributed by atoms with Crippen molar-refractivity contribution in [2.24, 2.45) is 0 Å². The van der Waals surface area contributed by atoms with Gasteiger partial charge in [0, 0.05) is 45.7 Å². The molecule has 5 rings (SSSR count). The number of rotatable bonds is 5. The van der Waals surface area contributed by atoms with Crippen LogP contribution in [0.15, 0.2) is 42.5 Å². The normalized spacial score (nSPS) is 20.2. The first-order valence-electron chi connectivity index (χ1n) is 11.0. The van der Waals surface area contributed by atoms with Crippen LogP contribution in [0, 0.1) is 0 Å². The van der Waals surface area contributed by atoms with Gasteiger partial charge >= 0.3 is 0 Å². The molecular weight excluding hydrogens is 410 g/mol. The SMILES string of the molecule is CC1Oc2ccccc2N(CCC(=O)N2CCN(Cc3ccc4c(c3)OCO4)CC2)C1=O. The topological polar surface area (TPSA) is 71.6 Å². The van der Waals surface area contributed by atoms with Crippen molar-refractivity contribution in [3.63, 3.8) is 0 Å². The highest BCUT2D eigenvalue weighted by molar-refractivity contribution is 6.00. The summed E-state index contributed by atoms with van der Waals surface area (Å²) >= 11 is 0. The standard InChI is InChI=1S/C24H27N3O5/c1-17-24(29)27(19-4-2-3-5-20(19)32-17)9-8-23(28)26-12-10-25(11-13-26)15-18-6-7-21-22(14-18)31-16-30-21/h2-7,14,17H,8-13,15-16H2,1H3. The molecule has 2 aromatic rings. The predicted octanol–water partition coefficient (Wildman–Crippen LogP) is 2.26. The Morgan fingerprint density at radius 1 is 1.00 bits per heavy atom.